The maximum absolute atomic E-state index is 14.2. The monoisotopic (exact) mass is 667 g/mol. The van der Waals surface area contributed by atoms with Gasteiger partial charge in [0, 0.05) is 32.7 Å². The van der Waals surface area contributed by atoms with Crippen molar-refractivity contribution in [3.63, 3.8) is 0 Å². The standard InChI is InChI=1S/C31H36Cl3N3O5S/c1-6-28(30(39)35-31(3,4)5)36(19-25-26(33)9-8-10-27(25)34)29(38)20-37(22-13-15-23(16-14-22)42-7-2)43(40,41)24-17-11-21(32)12-18-24/h8-18,28H,6-7,19-20H2,1-5H3,(H,35,39)/t28-/m0/s1. The molecule has 1 atom stereocenters. The molecule has 0 aromatic heterocycles. The van der Waals surface area contributed by atoms with Crippen LogP contribution >= 0.6 is 34.8 Å². The SMILES string of the molecule is CCOc1ccc(N(CC(=O)N(Cc2c(Cl)cccc2Cl)[C@@H](CC)C(=O)NC(C)(C)C)S(=O)(=O)c2ccc(Cl)cc2)cc1. The molecule has 8 nitrogen and oxygen atoms in total. The Morgan fingerprint density at radius 1 is 0.907 bits per heavy atom. The van der Waals surface area contributed by atoms with Crippen molar-refractivity contribution in [2.24, 2.45) is 0 Å². The average Bonchev–Trinajstić information content (AvgIpc) is 2.93. The normalized spacial score (nSPS) is 12.4. The summed E-state index contributed by atoms with van der Waals surface area (Å²) in [5, 5.41) is 3.92. The van der Waals surface area contributed by atoms with Crippen molar-refractivity contribution >= 4 is 62.3 Å². The first-order valence-electron chi connectivity index (χ1n) is 13.7. The van der Waals surface area contributed by atoms with E-state index in [-0.39, 0.29) is 29.5 Å². The Morgan fingerprint density at radius 3 is 2.00 bits per heavy atom. The minimum atomic E-state index is -4.26. The van der Waals surface area contributed by atoms with Crippen molar-refractivity contribution in [1.82, 2.24) is 10.2 Å². The molecule has 0 aliphatic heterocycles. The summed E-state index contributed by atoms with van der Waals surface area (Å²) in [6.45, 7) is 8.81. The number of carbonyl (C=O) groups is 2. The third-order valence-corrected chi connectivity index (χ3v) is 9.14. The number of carbonyl (C=O) groups excluding carboxylic acids is 2. The van der Waals surface area contributed by atoms with Crippen LogP contribution in [0.4, 0.5) is 5.69 Å². The Labute approximate surface area is 268 Å². The summed E-state index contributed by atoms with van der Waals surface area (Å²) in [4.78, 5) is 29.0. The second-order valence-electron chi connectivity index (χ2n) is 10.8. The largest absolute Gasteiger partial charge is 0.494 e. The number of sulfonamides is 1. The second kappa shape index (κ2) is 14.7. The Hall–Kier alpha value is -2.98. The van der Waals surface area contributed by atoms with E-state index >= 15 is 0 Å². The molecule has 0 fully saturated rings. The van der Waals surface area contributed by atoms with Crippen LogP contribution in [0, 0.1) is 0 Å². The lowest BCUT2D eigenvalue weighted by molar-refractivity contribution is -0.141. The first kappa shape index (κ1) is 34.5. The smallest absolute Gasteiger partial charge is 0.264 e. The van der Waals surface area contributed by atoms with Gasteiger partial charge in [0.25, 0.3) is 10.0 Å². The molecule has 0 aliphatic rings. The molecule has 43 heavy (non-hydrogen) atoms. The Morgan fingerprint density at radius 2 is 1.49 bits per heavy atom. The van der Waals surface area contributed by atoms with Crippen LogP contribution in [0.2, 0.25) is 15.1 Å². The molecular weight excluding hydrogens is 633 g/mol. The molecule has 0 unspecified atom stereocenters. The number of nitrogens with zero attached hydrogens (tertiary/aromatic N) is 2. The molecule has 0 heterocycles. The molecule has 3 aromatic rings. The van der Waals surface area contributed by atoms with Gasteiger partial charge in [0.15, 0.2) is 0 Å². The van der Waals surface area contributed by atoms with E-state index in [1.165, 1.54) is 29.2 Å². The Balaban J connectivity index is 2.11. The van der Waals surface area contributed by atoms with E-state index < -0.39 is 34.1 Å². The second-order valence-corrected chi connectivity index (χ2v) is 13.9. The maximum Gasteiger partial charge on any atom is 0.264 e. The van der Waals surface area contributed by atoms with Gasteiger partial charge in [0.2, 0.25) is 11.8 Å². The zero-order chi connectivity index (χ0) is 31.9. The number of hydrogen-bond donors (Lipinski definition) is 1. The predicted molar refractivity (Wildman–Crippen MR) is 173 cm³/mol. The molecule has 0 saturated heterocycles. The van der Waals surface area contributed by atoms with Gasteiger partial charge in [0.1, 0.15) is 18.3 Å². The van der Waals surface area contributed by atoms with Crippen LogP contribution < -0.4 is 14.4 Å². The van der Waals surface area contributed by atoms with Crippen molar-refractivity contribution in [2.75, 3.05) is 17.5 Å². The van der Waals surface area contributed by atoms with Crippen molar-refractivity contribution in [3.05, 3.63) is 87.4 Å². The summed E-state index contributed by atoms with van der Waals surface area (Å²) < 4.78 is 34.5. The summed E-state index contributed by atoms with van der Waals surface area (Å²) in [6, 6.07) is 16.0. The molecule has 12 heteroatoms. The van der Waals surface area contributed by atoms with Gasteiger partial charge in [0.05, 0.1) is 17.2 Å². The van der Waals surface area contributed by atoms with Gasteiger partial charge in [-0.1, -0.05) is 47.8 Å². The van der Waals surface area contributed by atoms with Crippen LogP contribution in [0.1, 0.15) is 46.6 Å². The van der Waals surface area contributed by atoms with E-state index in [1.807, 2.05) is 27.7 Å². The van der Waals surface area contributed by atoms with Gasteiger partial charge < -0.3 is 15.0 Å². The van der Waals surface area contributed by atoms with E-state index in [1.54, 1.807) is 49.4 Å². The van der Waals surface area contributed by atoms with Crippen LogP contribution in [-0.4, -0.2) is 49.9 Å². The van der Waals surface area contributed by atoms with E-state index in [2.05, 4.69) is 5.32 Å². The quantitative estimate of drug-likeness (QED) is 0.225. The number of halogens is 3. The van der Waals surface area contributed by atoms with Gasteiger partial charge >= 0.3 is 0 Å². The molecular formula is C31H36Cl3N3O5S. The highest BCUT2D eigenvalue weighted by atomic mass is 35.5. The molecule has 0 spiro atoms. The molecule has 3 aromatic carbocycles. The molecule has 0 radical (unpaired) electrons. The summed E-state index contributed by atoms with van der Waals surface area (Å²) in [5.74, 6) is -0.473. The van der Waals surface area contributed by atoms with Gasteiger partial charge in [-0.15, -0.1) is 0 Å². The minimum absolute atomic E-state index is 0.0585. The van der Waals surface area contributed by atoms with Gasteiger partial charge in [-0.25, -0.2) is 8.42 Å². The number of rotatable bonds is 12. The highest BCUT2D eigenvalue weighted by Crippen LogP contribution is 2.30. The average molecular weight is 669 g/mol. The van der Waals surface area contributed by atoms with E-state index in [9.17, 15) is 18.0 Å². The fourth-order valence-corrected chi connectivity index (χ4v) is 6.42. The van der Waals surface area contributed by atoms with Crippen LogP contribution in [-0.2, 0) is 26.2 Å². The number of amides is 2. The summed E-state index contributed by atoms with van der Waals surface area (Å²) in [5.41, 5.74) is 0.0945. The van der Waals surface area contributed by atoms with Crippen LogP contribution in [0.5, 0.6) is 5.75 Å². The van der Waals surface area contributed by atoms with Crippen LogP contribution in [0.25, 0.3) is 0 Å². The highest BCUT2D eigenvalue weighted by Gasteiger charge is 2.35. The third-order valence-electron chi connectivity index (χ3n) is 6.39. The molecule has 0 saturated carbocycles. The van der Waals surface area contributed by atoms with Gasteiger partial charge in [-0.05, 0) is 94.8 Å². The zero-order valence-electron chi connectivity index (χ0n) is 24.7. The lowest BCUT2D eigenvalue weighted by Gasteiger charge is -2.35. The van der Waals surface area contributed by atoms with Crippen molar-refractivity contribution in [1.29, 1.82) is 0 Å². The fourth-order valence-electron chi connectivity index (χ4n) is 4.36. The summed E-state index contributed by atoms with van der Waals surface area (Å²) in [6.07, 6.45) is 0.253. The number of benzene rings is 3. The molecule has 1 N–H and O–H groups in total. The lowest BCUT2D eigenvalue weighted by Crippen LogP contribution is -2.55. The Kier molecular flexibility index (Phi) is 11.8. The lowest BCUT2D eigenvalue weighted by atomic mass is 10.1. The minimum Gasteiger partial charge on any atom is -0.494 e. The molecule has 232 valence electrons. The number of hydrogen-bond acceptors (Lipinski definition) is 5. The Bertz CT molecular complexity index is 1510. The van der Waals surface area contributed by atoms with Crippen molar-refractivity contribution in [3.8, 4) is 5.75 Å². The van der Waals surface area contributed by atoms with Crippen molar-refractivity contribution in [2.45, 2.75) is 64.1 Å². The highest BCUT2D eigenvalue weighted by molar-refractivity contribution is 7.92. The molecule has 0 aliphatic carbocycles. The first-order chi connectivity index (χ1) is 20.2. The number of nitrogens with one attached hydrogen (secondary N) is 1. The van der Waals surface area contributed by atoms with Crippen LogP contribution in [0.3, 0.4) is 0 Å². The maximum atomic E-state index is 14.2. The topological polar surface area (TPSA) is 96.0 Å². The number of ether oxygens (including phenoxy) is 1. The summed E-state index contributed by atoms with van der Waals surface area (Å²) >= 11 is 19.0. The molecule has 2 amide bonds. The predicted octanol–water partition coefficient (Wildman–Crippen LogP) is 6.96. The summed E-state index contributed by atoms with van der Waals surface area (Å²) in [7, 11) is -4.26. The van der Waals surface area contributed by atoms with Gasteiger partial charge in [-0.2, -0.15) is 0 Å². The van der Waals surface area contributed by atoms with E-state index in [4.69, 9.17) is 39.5 Å². The molecule has 0 bridgehead atoms. The zero-order valence-corrected chi connectivity index (χ0v) is 27.8. The van der Waals surface area contributed by atoms with Crippen molar-refractivity contribution < 1.29 is 22.7 Å². The van der Waals surface area contributed by atoms with E-state index in [0.29, 0.717) is 33.0 Å². The fraction of sp³-hybridized carbons (Fsp3) is 0.355. The van der Waals surface area contributed by atoms with E-state index in [0.717, 1.165) is 4.31 Å². The van der Waals surface area contributed by atoms with Crippen LogP contribution in [0.15, 0.2) is 71.6 Å². The third kappa shape index (κ3) is 9.01. The van der Waals surface area contributed by atoms with Gasteiger partial charge in [-0.3, -0.25) is 13.9 Å². The first-order valence-corrected chi connectivity index (χ1v) is 16.3. The molecule has 3 rings (SSSR count). The number of anilines is 1.